The molecule has 0 saturated carbocycles. The molecule has 242 valence electrons. The van der Waals surface area contributed by atoms with E-state index in [1.165, 1.54) is 5.56 Å². The molecule has 0 unspecified atom stereocenters. The summed E-state index contributed by atoms with van der Waals surface area (Å²) in [5.41, 5.74) is 9.79. The molecule has 51 heavy (non-hydrogen) atoms. The predicted molar refractivity (Wildman–Crippen MR) is 209 cm³/mol. The number of aryl methyl sites for hydroxylation is 1. The number of anilines is 3. The number of rotatable bonds is 6. The second-order valence-corrected chi connectivity index (χ2v) is 13.0. The topological polar surface area (TPSA) is 42.7 Å². The van der Waals surface area contributed by atoms with Crippen molar-refractivity contribution in [1.82, 2.24) is 0 Å². The van der Waals surface area contributed by atoms with Gasteiger partial charge in [-0.3, -0.25) is 0 Å². The van der Waals surface area contributed by atoms with E-state index in [-0.39, 0.29) is 0 Å². The Balaban J connectivity index is 1.17. The number of para-hydroxylation sites is 2. The second kappa shape index (κ2) is 11.7. The fraction of sp³-hybridized carbons (Fsp3) is 0.0213. The Labute approximate surface area is 294 Å². The molecule has 4 heteroatoms. The van der Waals surface area contributed by atoms with Crippen molar-refractivity contribution in [3.8, 4) is 34.0 Å². The van der Waals surface area contributed by atoms with Gasteiger partial charge in [-0.1, -0.05) is 96.6 Å². The van der Waals surface area contributed by atoms with E-state index in [0.717, 1.165) is 94.7 Å². The fourth-order valence-electron chi connectivity index (χ4n) is 7.25. The summed E-state index contributed by atoms with van der Waals surface area (Å²) in [6.45, 7) is 2.10. The van der Waals surface area contributed by atoms with E-state index in [2.05, 4.69) is 151 Å². The van der Waals surface area contributed by atoms with Gasteiger partial charge in [-0.25, -0.2) is 0 Å². The highest BCUT2D eigenvalue weighted by atomic mass is 16.4. The Morgan fingerprint density at radius 3 is 1.47 bits per heavy atom. The van der Waals surface area contributed by atoms with Gasteiger partial charge in [0.15, 0.2) is 11.2 Å². The Bertz CT molecular complexity index is 2790. The molecule has 0 N–H and O–H groups in total. The molecule has 0 radical (unpaired) electrons. The van der Waals surface area contributed by atoms with Crippen LogP contribution in [0.1, 0.15) is 5.56 Å². The average molecular weight is 658 g/mol. The third-order valence-electron chi connectivity index (χ3n) is 9.76. The van der Waals surface area contributed by atoms with E-state index in [4.69, 9.17) is 13.3 Å². The summed E-state index contributed by atoms with van der Waals surface area (Å²) in [7, 11) is 0. The summed E-state index contributed by atoms with van der Waals surface area (Å²) < 4.78 is 19.9. The zero-order valence-electron chi connectivity index (χ0n) is 27.8. The van der Waals surface area contributed by atoms with Crippen molar-refractivity contribution >= 4 is 60.7 Å². The van der Waals surface area contributed by atoms with Gasteiger partial charge in [0.25, 0.3) is 0 Å². The molecule has 0 aliphatic heterocycles. The largest absolute Gasteiger partial charge is 0.456 e. The monoisotopic (exact) mass is 657 g/mol. The lowest BCUT2D eigenvalue weighted by Crippen LogP contribution is -2.09. The van der Waals surface area contributed by atoms with Crippen LogP contribution >= 0.6 is 0 Å². The molecule has 3 heterocycles. The van der Waals surface area contributed by atoms with Crippen molar-refractivity contribution in [1.29, 1.82) is 0 Å². The molecule has 0 aliphatic carbocycles. The molecule has 0 atom stereocenters. The number of hydrogen-bond donors (Lipinski definition) is 0. The van der Waals surface area contributed by atoms with Crippen LogP contribution < -0.4 is 4.90 Å². The lowest BCUT2D eigenvalue weighted by molar-refractivity contribution is 0.598. The average Bonchev–Trinajstić information content (AvgIpc) is 3.94. The first-order valence-corrected chi connectivity index (χ1v) is 17.2. The van der Waals surface area contributed by atoms with E-state index in [1.807, 2.05) is 30.3 Å². The highest BCUT2D eigenvalue weighted by Gasteiger charge is 2.22. The van der Waals surface area contributed by atoms with Gasteiger partial charge in [0.2, 0.25) is 0 Å². The van der Waals surface area contributed by atoms with Crippen LogP contribution in [0.5, 0.6) is 0 Å². The quantitative estimate of drug-likeness (QED) is 0.178. The summed E-state index contributed by atoms with van der Waals surface area (Å²) >= 11 is 0. The zero-order chi connectivity index (χ0) is 33.9. The first-order chi connectivity index (χ1) is 25.2. The molecule has 10 aromatic rings. The molecule has 10 rings (SSSR count). The number of hydrogen-bond acceptors (Lipinski definition) is 4. The minimum atomic E-state index is 0.722. The van der Waals surface area contributed by atoms with Gasteiger partial charge in [0, 0.05) is 55.3 Å². The first-order valence-electron chi connectivity index (χ1n) is 17.2. The van der Waals surface area contributed by atoms with Crippen molar-refractivity contribution in [3.63, 3.8) is 0 Å². The molecule has 3 aromatic heterocycles. The van der Waals surface area contributed by atoms with Crippen molar-refractivity contribution < 1.29 is 13.3 Å². The maximum absolute atomic E-state index is 6.81. The van der Waals surface area contributed by atoms with E-state index >= 15 is 0 Å². The van der Waals surface area contributed by atoms with E-state index in [1.54, 1.807) is 0 Å². The van der Waals surface area contributed by atoms with Gasteiger partial charge < -0.3 is 18.2 Å². The summed E-state index contributed by atoms with van der Waals surface area (Å²) in [6, 6.07) is 58.8. The van der Waals surface area contributed by atoms with Crippen molar-refractivity contribution in [2.75, 3.05) is 4.90 Å². The summed E-state index contributed by atoms with van der Waals surface area (Å²) in [6.07, 6.45) is 0. The van der Waals surface area contributed by atoms with Crippen LogP contribution in [0.15, 0.2) is 183 Å². The molecular formula is C47H31NO3. The predicted octanol–water partition coefficient (Wildman–Crippen LogP) is 13.9. The van der Waals surface area contributed by atoms with Crippen LogP contribution in [0, 0.1) is 6.92 Å². The first kappa shape index (κ1) is 29.2. The molecule has 4 nitrogen and oxygen atoms in total. The van der Waals surface area contributed by atoms with Crippen molar-refractivity contribution in [2.24, 2.45) is 0 Å². The highest BCUT2D eigenvalue weighted by molar-refractivity contribution is 6.30. The minimum absolute atomic E-state index is 0.722. The van der Waals surface area contributed by atoms with Gasteiger partial charge in [-0.2, -0.15) is 0 Å². The summed E-state index contributed by atoms with van der Waals surface area (Å²) in [5, 5.41) is 5.22. The van der Waals surface area contributed by atoms with Crippen LogP contribution in [0.2, 0.25) is 0 Å². The maximum atomic E-state index is 6.81. The third-order valence-corrected chi connectivity index (χ3v) is 9.76. The van der Waals surface area contributed by atoms with Gasteiger partial charge in [-0.05, 0) is 91.2 Å². The molecule has 0 fully saturated rings. The molecule has 0 aliphatic rings. The summed E-state index contributed by atoms with van der Waals surface area (Å²) in [4.78, 5) is 2.26. The van der Waals surface area contributed by atoms with Crippen LogP contribution in [-0.2, 0) is 0 Å². The molecule has 0 saturated heterocycles. The van der Waals surface area contributed by atoms with Crippen molar-refractivity contribution in [3.05, 3.63) is 175 Å². The number of fused-ring (bicyclic) bond motifs is 8. The van der Waals surface area contributed by atoms with E-state index < -0.39 is 0 Å². The summed E-state index contributed by atoms with van der Waals surface area (Å²) in [5.74, 6) is 2.41. The van der Waals surface area contributed by atoms with Crippen LogP contribution in [0.3, 0.4) is 0 Å². The molecule has 0 amide bonds. The second-order valence-electron chi connectivity index (χ2n) is 13.0. The number of nitrogens with zero attached hydrogens (tertiary/aromatic N) is 1. The Morgan fingerprint density at radius 1 is 0.373 bits per heavy atom. The van der Waals surface area contributed by atoms with Crippen LogP contribution in [0.4, 0.5) is 17.1 Å². The van der Waals surface area contributed by atoms with E-state index in [9.17, 15) is 0 Å². The third kappa shape index (κ3) is 4.92. The molecule has 0 bridgehead atoms. The Hall–Kier alpha value is -6.78. The van der Waals surface area contributed by atoms with Gasteiger partial charge >= 0.3 is 0 Å². The number of benzene rings is 7. The normalized spacial score (nSPS) is 11.6. The Morgan fingerprint density at radius 2 is 0.843 bits per heavy atom. The highest BCUT2D eigenvalue weighted by Crippen LogP contribution is 2.46. The van der Waals surface area contributed by atoms with Crippen molar-refractivity contribution in [2.45, 2.75) is 6.92 Å². The SMILES string of the molecule is Cc1ccc(-c2cc3c(ccc4c5cc(-c6ccccc6)oc5c5oc(-c6ccc(N(c7ccccc7)c7ccccc7)cc6)cc5c34)o2)cc1. The van der Waals surface area contributed by atoms with Crippen LogP contribution in [0.25, 0.3) is 77.7 Å². The van der Waals surface area contributed by atoms with Gasteiger partial charge in [0.05, 0.1) is 0 Å². The smallest absolute Gasteiger partial charge is 0.178 e. The van der Waals surface area contributed by atoms with Crippen LogP contribution in [-0.4, -0.2) is 0 Å². The fourth-order valence-corrected chi connectivity index (χ4v) is 7.25. The van der Waals surface area contributed by atoms with Gasteiger partial charge in [-0.15, -0.1) is 0 Å². The van der Waals surface area contributed by atoms with E-state index in [0.29, 0.717) is 0 Å². The lowest BCUT2D eigenvalue weighted by Gasteiger charge is -2.25. The maximum Gasteiger partial charge on any atom is 0.178 e. The standard InChI is InChI=1S/C47H31NO3/c1-30-17-19-32(20-18-30)42-28-39-41(49-42)26-25-37-38-27-43(31-11-5-2-6-12-31)50-46(38)47-40(45(37)39)29-44(51-47)33-21-23-36(24-22-33)48(34-13-7-3-8-14-34)35-15-9-4-10-16-35/h2-29H,1H3. The minimum Gasteiger partial charge on any atom is -0.456 e. The Kier molecular flexibility index (Phi) is 6.68. The lowest BCUT2D eigenvalue weighted by atomic mass is 9.98. The molecule has 7 aromatic carbocycles. The molecular weight excluding hydrogens is 627 g/mol. The number of furan rings is 3. The molecule has 0 spiro atoms. The zero-order valence-corrected chi connectivity index (χ0v) is 27.8. The van der Waals surface area contributed by atoms with Gasteiger partial charge in [0.1, 0.15) is 22.9 Å².